The van der Waals surface area contributed by atoms with Crippen LogP contribution in [0.15, 0.2) is 35.4 Å². The molecule has 158 valence electrons. The molecule has 0 saturated heterocycles. The SMILES string of the molecule is CC(C)(C)Cc1n[nH]c2c1[C@]1(CCOc3ccccc31)C1=C(C2)CC(C)(C)CC1=O. The van der Waals surface area contributed by atoms with E-state index in [-0.39, 0.29) is 10.8 Å². The first-order valence-corrected chi connectivity index (χ1v) is 11.2. The number of nitrogens with zero attached hydrogens (tertiary/aromatic N) is 1. The lowest BCUT2D eigenvalue weighted by Crippen LogP contribution is -2.45. The van der Waals surface area contributed by atoms with E-state index in [0.29, 0.717) is 18.8 Å². The number of aromatic amines is 1. The van der Waals surface area contributed by atoms with Gasteiger partial charge in [-0.3, -0.25) is 9.89 Å². The summed E-state index contributed by atoms with van der Waals surface area (Å²) in [6.45, 7) is 11.8. The number of nitrogens with one attached hydrogen (secondary N) is 1. The molecule has 4 nitrogen and oxygen atoms in total. The predicted molar refractivity (Wildman–Crippen MR) is 118 cm³/mol. The van der Waals surface area contributed by atoms with E-state index < -0.39 is 5.41 Å². The lowest BCUT2D eigenvalue weighted by Gasteiger charge is -2.48. The summed E-state index contributed by atoms with van der Waals surface area (Å²) in [5, 5.41) is 8.21. The summed E-state index contributed by atoms with van der Waals surface area (Å²) in [4.78, 5) is 13.7. The van der Waals surface area contributed by atoms with Gasteiger partial charge in [-0.25, -0.2) is 0 Å². The second-order valence-electron chi connectivity index (χ2n) is 11.4. The third-order valence-corrected chi connectivity index (χ3v) is 6.90. The second-order valence-corrected chi connectivity index (χ2v) is 11.4. The van der Waals surface area contributed by atoms with E-state index in [2.05, 4.69) is 51.9 Å². The van der Waals surface area contributed by atoms with Crippen LogP contribution in [0.3, 0.4) is 0 Å². The van der Waals surface area contributed by atoms with Crippen LogP contribution >= 0.6 is 0 Å². The minimum atomic E-state index is -0.446. The molecule has 5 rings (SSSR count). The average Bonchev–Trinajstić information content (AvgIpc) is 3.02. The van der Waals surface area contributed by atoms with Gasteiger partial charge in [-0.2, -0.15) is 5.10 Å². The van der Waals surface area contributed by atoms with Gasteiger partial charge < -0.3 is 4.74 Å². The molecule has 0 fully saturated rings. The number of aromatic nitrogens is 2. The summed E-state index contributed by atoms with van der Waals surface area (Å²) in [5.74, 6) is 1.22. The van der Waals surface area contributed by atoms with Crippen molar-refractivity contribution in [1.29, 1.82) is 0 Å². The number of ether oxygens (including phenoxy) is 1. The molecule has 1 N–H and O–H groups in total. The van der Waals surface area contributed by atoms with Gasteiger partial charge in [0.2, 0.25) is 0 Å². The monoisotopic (exact) mass is 404 g/mol. The maximum Gasteiger partial charge on any atom is 0.160 e. The van der Waals surface area contributed by atoms with Crippen LogP contribution in [-0.2, 0) is 23.1 Å². The summed E-state index contributed by atoms with van der Waals surface area (Å²) < 4.78 is 6.07. The fourth-order valence-corrected chi connectivity index (χ4v) is 6.07. The molecule has 4 heteroatoms. The Morgan fingerprint density at radius 3 is 2.70 bits per heavy atom. The molecule has 0 bridgehead atoms. The molecule has 2 aromatic rings. The minimum absolute atomic E-state index is 0.00750. The Hall–Kier alpha value is -2.36. The summed E-state index contributed by atoms with van der Waals surface area (Å²) in [7, 11) is 0. The minimum Gasteiger partial charge on any atom is -0.493 e. The van der Waals surface area contributed by atoms with E-state index >= 15 is 0 Å². The van der Waals surface area contributed by atoms with Crippen molar-refractivity contribution in [2.75, 3.05) is 6.61 Å². The highest BCUT2D eigenvalue weighted by Crippen LogP contribution is 2.57. The van der Waals surface area contributed by atoms with Crippen molar-refractivity contribution in [3.63, 3.8) is 0 Å². The van der Waals surface area contributed by atoms with Gasteiger partial charge >= 0.3 is 0 Å². The van der Waals surface area contributed by atoms with Crippen LogP contribution in [0.4, 0.5) is 0 Å². The van der Waals surface area contributed by atoms with Gasteiger partial charge in [-0.15, -0.1) is 0 Å². The molecule has 1 aromatic heterocycles. The van der Waals surface area contributed by atoms with Gasteiger partial charge in [0, 0.05) is 35.2 Å². The number of allylic oxidation sites excluding steroid dienone is 2. The Labute approximate surface area is 179 Å². The molecule has 0 saturated carbocycles. The Morgan fingerprint density at radius 2 is 1.93 bits per heavy atom. The van der Waals surface area contributed by atoms with E-state index in [1.165, 1.54) is 16.8 Å². The maximum atomic E-state index is 13.7. The van der Waals surface area contributed by atoms with Gasteiger partial charge in [-0.05, 0) is 36.2 Å². The Kier molecular flexibility index (Phi) is 4.13. The van der Waals surface area contributed by atoms with Gasteiger partial charge in [0.15, 0.2) is 5.78 Å². The molecule has 0 radical (unpaired) electrons. The smallest absolute Gasteiger partial charge is 0.160 e. The van der Waals surface area contributed by atoms with E-state index in [1.54, 1.807) is 0 Å². The number of para-hydroxylation sites is 1. The van der Waals surface area contributed by atoms with E-state index in [0.717, 1.165) is 48.3 Å². The van der Waals surface area contributed by atoms with E-state index in [4.69, 9.17) is 9.84 Å². The normalized spacial score (nSPS) is 24.9. The number of ketones is 1. The second kappa shape index (κ2) is 6.32. The Balaban J connectivity index is 1.82. The topological polar surface area (TPSA) is 55.0 Å². The number of carbonyl (C=O) groups is 1. The number of hydrogen-bond donors (Lipinski definition) is 1. The third kappa shape index (κ3) is 2.87. The lowest BCUT2D eigenvalue weighted by atomic mass is 9.55. The van der Waals surface area contributed by atoms with E-state index in [9.17, 15) is 4.79 Å². The highest BCUT2D eigenvalue weighted by Gasteiger charge is 2.53. The van der Waals surface area contributed by atoms with Gasteiger partial charge in [-0.1, -0.05) is 58.4 Å². The molecule has 1 atom stereocenters. The molecule has 1 aromatic carbocycles. The number of hydrogen-bond acceptors (Lipinski definition) is 3. The molecule has 3 aliphatic rings. The number of fused-ring (bicyclic) bond motifs is 5. The number of H-pyrrole nitrogens is 1. The van der Waals surface area contributed by atoms with Crippen molar-refractivity contribution in [3.05, 3.63) is 57.9 Å². The number of benzene rings is 1. The quantitative estimate of drug-likeness (QED) is 0.701. The van der Waals surface area contributed by atoms with Gasteiger partial charge in [0.25, 0.3) is 0 Å². The summed E-state index contributed by atoms with van der Waals surface area (Å²) in [6, 6.07) is 8.30. The first-order valence-electron chi connectivity index (χ1n) is 11.2. The Morgan fingerprint density at radius 1 is 1.17 bits per heavy atom. The zero-order valence-electron chi connectivity index (χ0n) is 18.8. The van der Waals surface area contributed by atoms with Crippen molar-refractivity contribution >= 4 is 5.78 Å². The highest BCUT2D eigenvalue weighted by atomic mass is 16.5. The van der Waals surface area contributed by atoms with Crippen molar-refractivity contribution in [3.8, 4) is 5.75 Å². The first-order chi connectivity index (χ1) is 14.1. The molecular weight excluding hydrogens is 372 g/mol. The molecule has 0 amide bonds. The predicted octanol–water partition coefficient (Wildman–Crippen LogP) is 5.31. The van der Waals surface area contributed by atoms with Crippen molar-refractivity contribution in [2.45, 2.75) is 72.1 Å². The van der Waals surface area contributed by atoms with Crippen molar-refractivity contribution in [2.24, 2.45) is 10.8 Å². The fourth-order valence-electron chi connectivity index (χ4n) is 6.07. The molecule has 30 heavy (non-hydrogen) atoms. The largest absolute Gasteiger partial charge is 0.493 e. The van der Waals surface area contributed by atoms with Crippen LogP contribution in [0.1, 0.15) is 76.4 Å². The summed E-state index contributed by atoms with van der Waals surface area (Å²) in [5.41, 5.74) is 6.70. The standard InChI is InChI=1S/C26H32N2O2/c1-24(2,3)14-19-23-18(27-28-19)12-16-13-25(4,5)15-20(29)22(16)26(23)10-11-30-21-9-7-6-8-17(21)26/h6-9H,10-15H2,1-5H3,(H,27,28)/t26-/m0/s1. The van der Waals surface area contributed by atoms with Crippen LogP contribution in [0.25, 0.3) is 0 Å². The molecule has 2 heterocycles. The number of rotatable bonds is 1. The van der Waals surface area contributed by atoms with Crippen LogP contribution in [-0.4, -0.2) is 22.6 Å². The molecule has 1 spiro atoms. The lowest BCUT2D eigenvalue weighted by molar-refractivity contribution is -0.118. The molecule has 1 aliphatic heterocycles. The van der Waals surface area contributed by atoms with Crippen molar-refractivity contribution in [1.82, 2.24) is 10.2 Å². The van der Waals surface area contributed by atoms with Crippen molar-refractivity contribution < 1.29 is 9.53 Å². The van der Waals surface area contributed by atoms with Crippen LogP contribution < -0.4 is 4.74 Å². The molecule has 0 unspecified atom stereocenters. The average molecular weight is 405 g/mol. The highest BCUT2D eigenvalue weighted by molar-refractivity contribution is 6.02. The zero-order chi connectivity index (χ0) is 21.3. The van der Waals surface area contributed by atoms with Gasteiger partial charge in [0.05, 0.1) is 17.7 Å². The Bertz CT molecular complexity index is 1070. The first kappa shape index (κ1) is 19.6. The summed E-state index contributed by atoms with van der Waals surface area (Å²) >= 11 is 0. The number of carbonyl (C=O) groups excluding carboxylic acids is 1. The summed E-state index contributed by atoms with van der Waals surface area (Å²) in [6.07, 6.45) is 4.05. The van der Waals surface area contributed by atoms with Crippen LogP contribution in [0.5, 0.6) is 5.75 Å². The van der Waals surface area contributed by atoms with Gasteiger partial charge in [0.1, 0.15) is 5.75 Å². The zero-order valence-corrected chi connectivity index (χ0v) is 18.8. The molecule has 2 aliphatic carbocycles. The maximum absolute atomic E-state index is 13.7. The van der Waals surface area contributed by atoms with Crippen LogP contribution in [0.2, 0.25) is 0 Å². The third-order valence-electron chi connectivity index (χ3n) is 6.90. The molecular formula is C26H32N2O2. The van der Waals surface area contributed by atoms with Crippen LogP contribution in [0, 0.1) is 10.8 Å². The van der Waals surface area contributed by atoms with E-state index in [1.807, 2.05) is 12.1 Å². The number of Topliss-reactive ketones (excluding diaryl/α,β-unsaturated/α-hetero) is 1. The fraction of sp³-hybridized carbons (Fsp3) is 0.538.